The molecular weight excluding hydrogens is 339 g/mol. The van der Waals surface area contributed by atoms with Crippen LogP contribution in [-0.4, -0.2) is 34.3 Å². The van der Waals surface area contributed by atoms with Crippen molar-refractivity contribution < 1.29 is 26.9 Å². The highest BCUT2D eigenvalue weighted by Gasteiger charge is 2.55. The Morgan fingerprint density at radius 1 is 1.20 bits per heavy atom. The Balaban J connectivity index is 1.98. The lowest BCUT2D eigenvalue weighted by atomic mass is 9.83. The van der Waals surface area contributed by atoms with E-state index in [1.165, 1.54) is 10.9 Å². The van der Waals surface area contributed by atoms with Crippen molar-refractivity contribution in [1.82, 2.24) is 9.78 Å². The third kappa shape index (κ3) is 3.24. The fraction of sp³-hybridized carbons (Fsp3) is 0.688. The van der Waals surface area contributed by atoms with Crippen molar-refractivity contribution in [3.8, 4) is 0 Å². The molecule has 25 heavy (non-hydrogen) atoms. The van der Waals surface area contributed by atoms with E-state index in [1.54, 1.807) is 27.7 Å². The number of hydrogen-bond acceptors (Lipinski definition) is 3. The molecule has 2 heterocycles. The van der Waals surface area contributed by atoms with Crippen LogP contribution in [0.15, 0.2) is 18.1 Å². The average Bonchev–Trinajstić information content (AvgIpc) is 2.89. The first-order valence-electron chi connectivity index (χ1n) is 8.29. The molecule has 1 saturated carbocycles. The zero-order valence-electron chi connectivity index (χ0n) is 14.7. The molecule has 3 rings (SSSR count). The van der Waals surface area contributed by atoms with Gasteiger partial charge in [0.2, 0.25) is 0 Å². The molecule has 1 aromatic heterocycles. The number of rotatable bonds is 3. The lowest BCUT2D eigenvalue weighted by Gasteiger charge is -2.32. The van der Waals surface area contributed by atoms with Crippen LogP contribution in [0.5, 0.6) is 0 Å². The molecule has 2 aliphatic rings. The van der Waals surface area contributed by atoms with E-state index in [0.717, 1.165) is 25.5 Å². The average molecular weight is 360 g/mol. The van der Waals surface area contributed by atoms with Gasteiger partial charge in [0.15, 0.2) is 0 Å². The Hall–Kier alpha value is -1.35. The quantitative estimate of drug-likeness (QED) is 0.589. The summed E-state index contributed by atoms with van der Waals surface area (Å²) in [6, 6.07) is 0.0862. The fourth-order valence-electron chi connectivity index (χ4n) is 2.82. The Bertz CT molecular complexity index is 677. The normalized spacial score (nSPS) is 24.2. The third-order valence-corrected chi connectivity index (χ3v) is 5.32. The molecule has 1 aliphatic carbocycles. The van der Waals surface area contributed by atoms with Crippen molar-refractivity contribution in [3.63, 3.8) is 0 Å². The summed E-state index contributed by atoms with van der Waals surface area (Å²) in [5.74, 6) is 0. The smallest absolute Gasteiger partial charge is 0.398 e. The van der Waals surface area contributed by atoms with E-state index in [4.69, 9.17) is 9.31 Å². The number of alkyl halides is 3. The van der Waals surface area contributed by atoms with Crippen LogP contribution in [0, 0.1) is 0 Å². The largest absolute Gasteiger partial charge is 0.525 e. The first-order valence-corrected chi connectivity index (χ1v) is 8.29. The molecule has 0 aromatic carbocycles. The van der Waals surface area contributed by atoms with Gasteiger partial charge in [-0.1, -0.05) is 0 Å². The maximum absolute atomic E-state index is 14.8. The Morgan fingerprint density at radius 3 is 2.20 bits per heavy atom. The van der Waals surface area contributed by atoms with E-state index >= 15 is 0 Å². The van der Waals surface area contributed by atoms with Crippen molar-refractivity contribution >= 4 is 12.7 Å². The monoisotopic (exact) mass is 360 g/mol. The number of aromatic nitrogens is 2. The van der Waals surface area contributed by atoms with E-state index in [1.807, 2.05) is 0 Å². The van der Waals surface area contributed by atoms with Gasteiger partial charge in [-0.2, -0.15) is 18.3 Å². The summed E-state index contributed by atoms with van der Waals surface area (Å²) in [5, 5.41) is 3.97. The van der Waals surface area contributed by atoms with Crippen molar-refractivity contribution in [2.45, 2.75) is 70.4 Å². The number of halogens is 4. The maximum atomic E-state index is 14.8. The molecule has 1 aliphatic heterocycles. The first kappa shape index (κ1) is 18.4. The number of allylic oxidation sites excluding steroid dienone is 1. The maximum Gasteiger partial charge on any atom is 0.525 e. The van der Waals surface area contributed by atoms with Gasteiger partial charge in [-0.25, -0.2) is 4.39 Å². The number of hydrogen-bond donors (Lipinski definition) is 0. The molecule has 0 spiro atoms. The SMILES string of the molecule is CC1(C)OB(C(F)=C(c2cnn(C3CCC3)c2)C(F)(F)F)OC1(C)C. The van der Waals surface area contributed by atoms with Crippen molar-refractivity contribution in [1.29, 1.82) is 0 Å². The molecule has 0 radical (unpaired) electrons. The molecule has 0 N–H and O–H groups in total. The van der Waals surface area contributed by atoms with Crippen LogP contribution in [0.3, 0.4) is 0 Å². The molecule has 0 atom stereocenters. The highest BCUT2D eigenvalue weighted by atomic mass is 19.4. The van der Waals surface area contributed by atoms with Crippen LogP contribution in [0.25, 0.3) is 5.57 Å². The first-order chi connectivity index (χ1) is 11.4. The predicted molar refractivity (Wildman–Crippen MR) is 85.3 cm³/mol. The lowest BCUT2D eigenvalue weighted by molar-refractivity contribution is -0.0699. The van der Waals surface area contributed by atoms with E-state index < -0.39 is 35.8 Å². The van der Waals surface area contributed by atoms with Gasteiger partial charge in [0.05, 0.1) is 29.0 Å². The van der Waals surface area contributed by atoms with Crippen LogP contribution in [0.1, 0.15) is 58.6 Å². The van der Waals surface area contributed by atoms with Crippen LogP contribution in [0.4, 0.5) is 17.6 Å². The fourth-order valence-corrected chi connectivity index (χ4v) is 2.82. The van der Waals surface area contributed by atoms with Crippen LogP contribution < -0.4 is 0 Å². The summed E-state index contributed by atoms with van der Waals surface area (Å²) < 4.78 is 67.8. The van der Waals surface area contributed by atoms with Crippen LogP contribution in [-0.2, 0) is 9.31 Å². The topological polar surface area (TPSA) is 36.3 Å². The molecule has 0 amide bonds. The molecule has 1 saturated heterocycles. The molecule has 0 unspecified atom stereocenters. The summed E-state index contributed by atoms with van der Waals surface area (Å²) in [7, 11) is -1.70. The van der Waals surface area contributed by atoms with Gasteiger partial charge in [-0.15, -0.1) is 0 Å². The van der Waals surface area contributed by atoms with E-state index in [9.17, 15) is 17.6 Å². The lowest BCUT2D eigenvalue weighted by Crippen LogP contribution is -2.41. The van der Waals surface area contributed by atoms with E-state index in [-0.39, 0.29) is 11.6 Å². The van der Waals surface area contributed by atoms with Crippen molar-refractivity contribution in [3.05, 3.63) is 23.7 Å². The standard InChI is InChI=1S/C16H21BF4N2O2/c1-14(2)15(3,4)25-17(24-14)13(18)12(16(19,20)21)10-8-22-23(9-10)11-6-5-7-11/h8-9,11H,5-7H2,1-4H3. The molecule has 9 heteroatoms. The zero-order chi connectivity index (χ0) is 18.6. The van der Waals surface area contributed by atoms with Gasteiger partial charge in [0.1, 0.15) is 5.73 Å². The summed E-state index contributed by atoms with van der Waals surface area (Å²) in [4.78, 5) is 0. The zero-order valence-corrected chi connectivity index (χ0v) is 14.7. The third-order valence-electron chi connectivity index (χ3n) is 5.32. The molecule has 2 fully saturated rings. The molecular formula is C16H21BF4N2O2. The Kier molecular flexibility index (Phi) is 4.31. The van der Waals surface area contributed by atoms with Crippen molar-refractivity contribution in [2.75, 3.05) is 0 Å². The highest BCUT2D eigenvalue weighted by Crippen LogP contribution is 2.44. The predicted octanol–water partition coefficient (Wildman–Crippen LogP) is 4.48. The second kappa shape index (κ2) is 5.84. The highest BCUT2D eigenvalue weighted by molar-refractivity contribution is 6.55. The second-order valence-electron chi connectivity index (χ2n) is 7.60. The molecule has 0 bridgehead atoms. The van der Waals surface area contributed by atoms with Gasteiger partial charge in [-0.05, 0) is 47.0 Å². The van der Waals surface area contributed by atoms with Crippen molar-refractivity contribution in [2.24, 2.45) is 0 Å². The summed E-state index contributed by atoms with van der Waals surface area (Å²) in [6.07, 6.45) is 0.159. The second-order valence-corrected chi connectivity index (χ2v) is 7.60. The molecule has 4 nitrogen and oxygen atoms in total. The van der Waals surface area contributed by atoms with E-state index in [2.05, 4.69) is 5.10 Å². The van der Waals surface area contributed by atoms with Crippen LogP contribution >= 0.6 is 0 Å². The molecule has 138 valence electrons. The minimum Gasteiger partial charge on any atom is -0.398 e. The van der Waals surface area contributed by atoms with E-state index in [0.29, 0.717) is 0 Å². The summed E-state index contributed by atoms with van der Waals surface area (Å²) >= 11 is 0. The summed E-state index contributed by atoms with van der Waals surface area (Å²) in [6.45, 7) is 6.62. The Labute approximate surface area is 144 Å². The number of nitrogens with zero attached hydrogens (tertiary/aromatic N) is 2. The minimum absolute atomic E-state index is 0.0862. The van der Waals surface area contributed by atoms with Gasteiger partial charge in [-0.3, -0.25) is 4.68 Å². The summed E-state index contributed by atoms with van der Waals surface area (Å²) in [5.41, 5.74) is -5.04. The van der Waals surface area contributed by atoms with Crippen LogP contribution in [0.2, 0.25) is 0 Å². The van der Waals surface area contributed by atoms with Gasteiger partial charge in [0, 0.05) is 11.8 Å². The Morgan fingerprint density at radius 2 is 1.76 bits per heavy atom. The van der Waals surface area contributed by atoms with Gasteiger partial charge in [0.25, 0.3) is 0 Å². The van der Waals surface area contributed by atoms with Gasteiger partial charge < -0.3 is 9.31 Å². The van der Waals surface area contributed by atoms with Gasteiger partial charge >= 0.3 is 13.3 Å². The minimum atomic E-state index is -4.89. The molecule has 1 aromatic rings.